The Morgan fingerprint density at radius 2 is 1.85 bits per heavy atom. The van der Waals surface area contributed by atoms with E-state index in [4.69, 9.17) is 21.1 Å². The van der Waals surface area contributed by atoms with Gasteiger partial charge in [-0.3, -0.25) is 14.4 Å². The number of fused-ring (bicyclic) bond motifs is 2. The maximum atomic E-state index is 14.6. The van der Waals surface area contributed by atoms with Gasteiger partial charge in [0.2, 0.25) is 5.91 Å². The molecule has 8 nitrogen and oxygen atoms in total. The number of aliphatic hydroxyl groups excluding tert-OH is 1. The highest BCUT2D eigenvalue weighted by molar-refractivity contribution is 6.34. The Kier molecular flexibility index (Phi) is 7.65. The zero-order valence-corrected chi connectivity index (χ0v) is 23.5. The molecule has 1 unspecified atom stereocenters. The number of aliphatic hydroxyl groups is 1. The Balaban J connectivity index is 1.72. The van der Waals surface area contributed by atoms with Gasteiger partial charge in [-0.25, -0.2) is 0 Å². The molecule has 9 heteroatoms. The fraction of sp³-hybridized carbons (Fsp3) is 0.567. The average Bonchev–Trinajstić information content (AvgIpc) is 3.27. The van der Waals surface area contributed by atoms with E-state index in [1.54, 1.807) is 35.2 Å². The van der Waals surface area contributed by atoms with Crippen LogP contribution in [0.1, 0.15) is 46.5 Å². The Morgan fingerprint density at radius 1 is 1.08 bits per heavy atom. The van der Waals surface area contributed by atoms with Crippen molar-refractivity contribution in [2.24, 2.45) is 17.8 Å². The van der Waals surface area contributed by atoms with Crippen LogP contribution in [0.4, 0.5) is 5.69 Å². The van der Waals surface area contributed by atoms with E-state index in [1.807, 2.05) is 39.0 Å². The molecule has 2 fully saturated rings. The maximum Gasteiger partial charge on any atom is 0.313 e. The number of nitrogens with zero attached hydrogens (tertiary/aromatic N) is 2. The highest BCUT2D eigenvalue weighted by Crippen LogP contribution is 2.59. The topological polar surface area (TPSA) is 96.4 Å². The lowest BCUT2D eigenvalue weighted by molar-refractivity contribution is -0.162. The molecule has 1 aromatic rings. The molecule has 2 amide bonds. The third kappa shape index (κ3) is 4.32. The van der Waals surface area contributed by atoms with Crippen molar-refractivity contribution in [2.75, 3.05) is 24.7 Å². The van der Waals surface area contributed by atoms with Crippen LogP contribution in [0.2, 0.25) is 5.02 Å². The lowest BCUT2D eigenvalue weighted by atomic mass is 9.73. The van der Waals surface area contributed by atoms with Crippen molar-refractivity contribution >= 4 is 35.1 Å². The summed E-state index contributed by atoms with van der Waals surface area (Å²) < 4.78 is 12.7. The SMILES string of the molecule is CC[C@]12/C=C\CCCCOC(=O)[C@H]1[C@H]1C(=O)N([C@@H](CO)C(C)C)C3C(=O)N(c4ccccc4Cl)CC=C[C@@]31O2. The second-order valence-corrected chi connectivity index (χ2v) is 11.6. The molecule has 0 aromatic heterocycles. The van der Waals surface area contributed by atoms with Gasteiger partial charge in [0.25, 0.3) is 5.91 Å². The highest BCUT2D eigenvalue weighted by Gasteiger charge is 2.76. The minimum Gasteiger partial charge on any atom is -0.465 e. The fourth-order valence-electron chi connectivity index (χ4n) is 6.84. The number of carbonyl (C=O) groups is 3. The van der Waals surface area contributed by atoms with Gasteiger partial charge in [0.15, 0.2) is 0 Å². The van der Waals surface area contributed by atoms with Gasteiger partial charge in [0.1, 0.15) is 23.2 Å². The van der Waals surface area contributed by atoms with E-state index in [1.165, 1.54) is 4.90 Å². The molecule has 1 aromatic carbocycles. The number of carbonyl (C=O) groups excluding carboxylic acids is 3. The third-order valence-electron chi connectivity index (χ3n) is 8.78. The van der Waals surface area contributed by atoms with E-state index in [0.29, 0.717) is 17.1 Å². The zero-order valence-electron chi connectivity index (χ0n) is 22.7. The summed E-state index contributed by atoms with van der Waals surface area (Å²) in [6, 6.07) is 5.31. The smallest absolute Gasteiger partial charge is 0.313 e. The number of allylic oxidation sites excluding steroid dienone is 1. The van der Waals surface area contributed by atoms with E-state index in [2.05, 4.69) is 0 Å². The third-order valence-corrected chi connectivity index (χ3v) is 9.10. The van der Waals surface area contributed by atoms with Gasteiger partial charge in [-0.2, -0.15) is 0 Å². The van der Waals surface area contributed by atoms with Gasteiger partial charge in [-0.05, 0) is 43.7 Å². The molecular formula is C30H37ClN2O6. The second kappa shape index (κ2) is 10.7. The van der Waals surface area contributed by atoms with Gasteiger partial charge < -0.3 is 24.4 Å². The van der Waals surface area contributed by atoms with Crippen molar-refractivity contribution in [3.05, 3.63) is 53.6 Å². The average molecular weight is 557 g/mol. The molecule has 4 heterocycles. The molecule has 39 heavy (non-hydrogen) atoms. The van der Waals surface area contributed by atoms with Crippen LogP contribution in [0.5, 0.6) is 0 Å². The number of likely N-dealkylation sites (tertiary alicyclic amines) is 1. The first-order chi connectivity index (χ1) is 18.7. The molecule has 4 aliphatic rings. The summed E-state index contributed by atoms with van der Waals surface area (Å²) >= 11 is 6.52. The fourth-order valence-corrected chi connectivity index (χ4v) is 7.08. The van der Waals surface area contributed by atoms with Gasteiger partial charge in [0, 0.05) is 6.54 Å². The number of benzene rings is 1. The lowest BCUT2D eigenvalue weighted by Gasteiger charge is -2.42. The first-order valence-electron chi connectivity index (χ1n) is 13.9. The van der Waals surface area contributed by atoms with Crippen molar-refractivity contribution in [3.8, 4) is 0 Å². The van der Waals surface area contributed by atoms with Crippen LogP contribution in [0.25, 0.3) is 0 Å². The number of halogens is 1. The van der Waals surface area contributed by atoms with E-state index >= 15 is 0 Å². The van der Waals surface area contributed by atoms with Crippen molar-refractivity contribution in [3.63, 3.8) is 0 Å². The molecule has 0 radical (unpaired) electrons. The summed E-state index contributed by atoms with van der Waals surface area (Å²) in [7, 11) is 0. The Morgan fingerprint density at radius 3 is 2.54 bits per heavy atom. The summed E-state index contributed by atoms with van der Waals surface area (Å²) in [5.41, 5.74) is -2.02. The molecule has 4 aliphatic heterocycles. The van der Waals surface area contributed by atoms with Crippen LogP contribution in [0.3, 0.4) is 0 Å². The van der Waals surface area contributed by atoms with Gasteiger partial charge in [0.05, 0.1) is 35.9 Å². The molecule has 1 N–H and O–H groups in total. The number of ether oxygens (including phenoxy) is 2. The molecule has 5 rings (SSSR count). The predicted octanol–water partition coefficient (Wildman–Crippen LogP) is 3.90. The van der Waals surface area contributed by atoms with Crippen molar-refractivity contribution in [1.29, 1.82) is 0 Å². The molecule has 0 saturated carbocycles. The lowest BCUT2D eigenvalue weighted by Crippen LogP contribution is -2.60. The molecule has 0 aliphatic carbocycles. The van der Waals surface area contributed by atoms with Crippen LogP contribution >= 0.6 is 11.6 Å². The zero-order chi connectivity index (χ0) is 27.9. The number of para-hydroxylation sites is 1. The van der Waals surface area contributed by atoms with E-state index in [-0.39, 0.29) is 37.5 Å². The Hall–Kier alpha value is -2.68. The van der Waals surface area contributed by atoms with Crippen LogP contribution in [-0.4, -0.2) is 70.8 Å². The first kappa shape index (κ1) is 27.9. The molecule has 210 valence electrons. The van der Waals surface area contributed by atoms with Crippen molar-refractivity contribution < 1.29 is 29.0 Å². The van der Waals surface area contributed by atoms with E-state index in [9.17, 15) is 19.5 Å². The van der Waals surface area contributed by atoms with E-state index in [0.717, 1.165) is 19.3 Å². The Labute approximate surface area is 234 Å². The van der Waals surface area contributed by atoms with Crippen LogP contribution in [0, 0.1) is 17.8 Å². The van der Waals surface area contributed by atoms with Gasteiger partial charge in [-0.15, -0.1) is 0 Å². The summed E-state index contributed by atoms with van der Waals surface area (Å²) in [4.78, 5) is 45.8. The number of cyclic esters (lactones) is 1. The largest absolute Gasteiger partial charge is 0.465 e. The minimum atomic E-state index is -1.43. The predicted molar refractivity (Wildman–Crippen MR) is 147 cm³/mol. The molecule has 6 atom stereocenters. The number of anilines is 1. The van der Waals surface area contributed by atoms with Crippen LogP contribution in [0.15, 0.2) is 48.6 Å². The van der Waals surface area contributed by atoms with Gasteiger partial charge >= 0.3 is 5.97 Å². The van der Waals surface area contributed by atoms with Crippen molar-refractivity contribution in [1.82, 2.24) is 4.90 Å². The number of esters is 1. The van der Waals surface area contributed by atoms with Gasteiger partial charge in [-0.1, -0.05) is 68.8 Å². The molecule has 2 saturated heterocycles. The monoisotopic (exact) mass is 556 g/mol. The summed E-state index contributed by atoms with van der Waals surface area (Å²) in [5.74, 6) is -3.32. The number of rotatable bonds is 5. The maximum absolute atomic E-state index is 14.6. The van der Waals surface area contributed by atoms with Crippen molar-refractivity contribution in [2.45, 2.75) is 69.7 Å². The number of amides is 2. The van der Waals surface area contributed by atoms with E-state index < -0.39 is 41.1 Å². The normalized spacial score (nSPS) is 34.3. The number of hydrogen-bond donors (Lipinski definition) is 1. The molecule has 1 spiro atoms. The highest BCUT2D eigenvalue weighted by atomic mass is 35.5. The minimum absolute atomic E-state index is 0.157. The summed E-state index contributed by atoms with van der Waals surface area (Å²) in [6.07, 6.45) is 10.4. The molecule has 0 bridgehead atoms. The van der Waals surface area contributed by atoms with Crippen LogP contribution in [-0.2, 0) is 23.9 Å². The first-order valence-corrected chi connectivity index (χ1v) is 14.3. The number of hydrogen-bond acceptors (Lipinski definition) is 6. The quantitative estimate of drug-likeness (QED) is 0.436. The summed E-state index contributed by atoms with van der Waals surface area (Å²) in [6.45, 7) is 5.87. The summed E-state index contributed by atoms with van der Waals surface area (Å²) in [5, 5.41) is 10.8. The Bertz CT molecular complexity index is 1200. The second-order valence-electron chi connectivity index (χ2n) is 11.2. The molecular weight excluding hydrogens is 520 g/mol. The van der Waals surface area contributed by atoms with Crippen LogP contribution < -0.4 is 4.90 Å². The standard InChI is InChI=1S/C30H37ClN2O6/c1-4-29-14-9-5-6-10-17-38-28(37)24(29)23-26(35)33(22(18-34)19(2)3)25-27(36)32(16-11-15-30(23,25)39-29)21-13-8-7-12-20(21)31/h7-9,11-15,19,22-25,34H,4-6,10,16-18H2,1-3H3/b14-9-/t22-,23-,24+,25?,29-,30-/m0/s1.